The Labute approximate surface area is 152 Å². The van der Waals surface area contributed by atoms with E-state index in [0.717, 1.165) is 16.1 Å². The molecule has 2 aromatic rings. The Morgan fingerprint density at radius 2 is 1.80 bits per heavy atom. The summed E-state index contributed by atoms with van der Waals surface area (Å²) in [6, 6.07) is 9.90. The molecule has 0 bridgehead atoms. The Morgan fingerprint density at radius 3 is 2.48 bits per heavy atom. The lowest BCUT2D eigenvalue weighted by Crippen LogP contribution is -2.51. The molecule has 0 unspecified atom stereocenters. The molecule has 25 heavy (non-hydrogen) atoms. The van der Waals surface area contributed by atoms with Gasteiger partial charge in [-0.3, -0.25) is 9.59 Å². The molecular weight excluding hydrogens is 334 g/mol. The highest BCUT2D eigenvalue weighted by molar-refractivity contribution is 7.12. The smallest absolute Gasteiger partial charge is 0.264 e. The molecule has 1 aromatic carbocycles. The van der Waals surface area contributed by atoms with Crippen LogP contribution in [0.15, 0.2) is 35.7 Å². The second-order valence-electron chi connectivity index (χ2n) is 6.32. The molecule has 3 rings (SSSR count). The molecule has 132 valence electrons. The Bertz CT molecular complexity index is 750. The van der Waals surface area contributed by atoms with Crippen LogP contribution in [-0.4, -0.2) is 54.3 Å². The monoisotopic (exact) mass is 357 g/mol. The zero-order chi connectivity index (χ0) is 17.8. The molecule has 1 aliphatic rings. The van der Waals surface area contributed by atoms with Crippen LogP contribution in [0.3, 0.4) is 0 Å². The third kappa shape index (κ3) is 4.20. The van der Waals surface area contributed by atoms with E-state index in [2.05, 4.69) is 23.5 Å². The van der Waals surface area contributed by atoms with E-state index >= 15 is 0 Å². The number of hydrogen-bond donors (Lipinski definition) is 1. The van der Waals surface area contributed by atoms with E-state index in [1.807, 2.05) is 41.2 Å². The van der Waals surface area contributed by atoms with Crippen LogP contribution in [0.4, 0.5) is 5.69 Å². The fraction of sp³-hybridized carbons (Fsp3) is 0.368. The number of piperazine rings is 1. The molecule has 2 heterocycles. The van der Waals surface area contributed by atoms with E-state index in [1.165, 1.54) is 16.9 Å². The van der Waals surface area contributed by atoms with Crippen LogP contribution in [0.5, 0.6) is 0 Å². The molecule has 0 aliphatic carbocycles. The minimum Gasteiger partial charge on any atom is -0.376 e. The maximum Gasteiger partial charge on any atom is 0.264 e. The van der Waals surface area contributed by atoms with Crippen molar-refractivity contribution in [3.63, 3.8) is 0 Å². The number of carbonyl (C=O) groups excluding carboxylic acids is 2. The minimum atomic E-state index is 0.0654. The van der Waals surface area contributed by atoms with Gasteiger partial charge in [0.05, 0.1) is 11.4 Å². The van der Waals surface area contributed by atoms with Gasteiger partial charge in [0.1, 0.15) is 0 Å². The number of nitrogens with one attached hydrogen (secondary N) is 1. The summed E-state index contributed by atoms with van der Waals surface area (Å²) in [6.07, 6.45) is 0. The van der Waals surface area contributed by atoms with Gasteiger partial charge in [-0.15, -0.1) is 11.3 Å². The van der Waals surface area contributed by atoms with Gasteiger partial charge in [-0.1, -0.05) is 18.2 Å². The first-order chi connectivity index (χ1) is 12.0. The molecule has 5 nitrogen and oxygen atoms in total. The third-order valence-electron chi connectivity index (χ3n) is 4.47. The van der Waals surface area contributed by atoms with E-state index in [9.17, 15) is 9.59 Å². The average molecular weight is 357 g/mol. The highest BCUT2D eigenvalue weighted by Crippen LogP contribution is 2.17. The summed E-state index contributed by atoms with van der Waals surface area (Å²) in [6.45, 7) is 6.70. The fourth-order valence-corrected chi connectivity index (χ4v) is 3.61. The minimum absolute atomic E-state index is 0.0654. The number of benzene rings is 1. The van der Waals surface area contributed by atoms with Crippen LogP contribution in [0.2, 0.25) is 0 Å². The highest BCUT2D eigenvalue weighted by atomic mass is 32.1. The van der Waals surface area contributed by atoms with Crippen molar-refractivity contribution in [3.05, 3.63) is 51.7 Å². The van der Waals surface area contributed by atoms with Crippen molar-refractivity contribution in [1.82, 2.24) is 9.80 Å². The molecule has 0 saturated carbocycles. The van der Waals surface area contributed by atoms with Gasteiger partial charge in [-0.2, -0.15) is 0 Å². The zero-order valence-electron chi connectivity index (χ0n) is 14.6. The standard InChI is InChI=1S/C19H23N3O2S/c1-14-5-6-15(2)16(12-14)20-13-18(23)21-7-9-22(10-8-21)19(24)17-4-3-11-25-17/h3-6,11-12,20H,7-10,13H2,1-2H3. The number of anilines is 1. The summed E-state index contributed by atoms with van der Waals surface area (Å²) in [7, 11) is 0. The number of rotatable bonds is 4. The van der Waals surface area contributed by atoms with Gasteiger partial charge >= 0.3 is 0 Å². The van der Waals surface area contributed by atoms with Crippen LogP contribution in [0.1, 0.15) is 20.8 Å². The molecule has 1 N–H and O–H groups in total. The molecule has 0 spiro atoms. The van der Waals surface area contributed by atoms with Gasteiger partial charge in [0, 0.05) is 31.9 Å². The number of amides is 2. The van der Waals surface area contributed by atoms with Crippen LogP contribution < -0.4 is 5.32 Å². The van der Waals surface area contributed by atoms with E-state index in [4.69, 9.17) is 0 Å². The molecule has 6 heteroatoms. The maximum absolute atomic E-state index is 12.4. The van der Waals surface area contributed by atoms with Crippen molar-refractivity contribution in [2.24, 2.45) is 0 Å². The van der Waals surface area contributed by atoms with Crippen molar-refractivity contribution in [2.45, 2.75) is 13.8 Å². The molecule has 0 atom stereocenters. The normalized spacial score (nSPS) is 14.5. The lowest BCUT2D eigenvalue weighted by atomic mass is 10.1. The van der Waals surface area contributed by atoms with Crippen LogP contribution in [0, 0.1) is 13.8 Å². The lowest BCUT2D eigenvalue weighted by Gasteiger charge is -2.34. The average Bonchev–Trinajstić information content (AvgIpc) is 3.16. The highest BCUT2D eigenvalue weighted by Gasteiger charge is 2.25. The first-order valence-corrected chi connectivity index (χ1v) is 9.34. The fourth-order valence-electron chi connectivity index (χ4n) is 2.92. The first-order valence-electron chi connectivity index (χ1n) is 8.46. The molecule has 0 radical (unpaired) electrons. The zero-order valence-corrected chi connectivity index (χ0v) is 15.4. The second-order valence-corrected chi connectivity index (χ2v) is 7.27. The Balaban J connectivity index is 1.50. The van der Waals surface area contributed by atoms with Crippen LogP contribution >= 0.6 is 11.3 Å². The summed E-state index contributed by atoms with van der Waals surface area (Å²) in [5.41, 5.74) is 3.30. The van der Waals surface area contributed by atoms with Gasteiger partial charge < -0.3 is 15.1 Å². The third-order valence-corrected chi connectivity index (χ3v) is 5.33. The molecule has 1 fully saturated rings. The largest absolute Gasteiger partial charge is 0.376 e. The predicted octanol–water partition coefficient (Wildman–Crippen LogP) is 2.76. The van der Waals surface area contributed by atoms with Gasteiger partial charge in [-0.25, -0.2) is 0 Å². The van der Waals surface area contributed by atoms with Crippen molar-refractivity contribution < 1.29 is 9.59 Å². The van der Waals surface area contributed by atoms with Crippen LogP contribution in [0.25, 0.3) is 0 Å². The summed E-state index contributed by atoms with van der Waals surface area (Å²) >= 11 is 1.46. The van der Waals surface area contributed by atoms with Gasteiger partial charge in [0.2, 0.25) is 5.91 Å². The van der Waals surface area contributed by atoms with Crippen molar-refractivity contribution in [1.29, 1.82) is 0 Å². The van der Waals surface area contributed by atoms with Gasteiger partial charge in [-0.05, 0) is 42.5 Å². The molecule has 1 aromatic heterocycles. The predicted molar refractivity (Wildman–Crippen MR) is 101 cm³/mol. The van der Waals surface area contributed by atoms with Crippen molar-refractivity contribution >= 4 is 28.8 Å². The number of carbonyl (C=O) groups is 2. The lowest BCUT2D eigenvalue weighted by molar-refractivity contribution is -0.130. The second kappa shape index (κ2) is 7.70. The van der Waals surface area contributed by atoms with Crippen molar-refractivity contribution in [3.8, 4) is 0 Å². The molecule has 2 amide bonds. The molecular formula is C19H23N3O2S. The summed E-state index contributed by atoms with van der Waals surface area (Å²) in [5, 5.41) is 5.15. The number of thiophene rings is 1. The quantitative estimate of drug-likeness (QED) is 0.915. The van der Waals surface area contributed by atoms with E-state index < -0.39 is 0 Å². The number of hydrogen-bond acceptors (Lipinski definition) is 4. The van der Waals surface area contributed by atoms with E-state index in [0.29, 0.717) is 26.2 Å². The number of nitrogens with zero attached hydrogens (tertiary/aromatic N) is 2. The SMILES string of the molecule is Cc1ccc(C)c(NCC(=O)N2CCN(C(=O)c3cccs3)CC2)c1. The Kier molecular flexibility index (Phi) is 5.38. The molecule has 1 saturated heterocycles. The van der Waals surface area contributed by atoms with Gasteiger partial charge in [0.25, 0.3) is 5.91 Å². The van der Waals surface area contributed by atoms with E-state index in [-0.39, 0.29) is 18.4 Å². The summed E-state index contributed by atoms with van der Waals surface area (Å²) in [5.74, 6) is 0.139. The summed E-state index contributed by atoms with van der Waals surface area (Å²) in [4.78, 5) is 29.2. The Morgan fingerprint density at radius 1 is 1.08 bits per heavy atom. The maximum atomic E-state index is 12.4. The topological polar surface area (TPSA) is 52.7 Å². The Hall–Kier alpha value is -2.34. The first kappa shape index (κ1) is 17.5. The van der Waals surface area contributed by atoms with Crippen LogP contribution in [-0.2, 0) is 4.79 Å². The number of aryl methyl sites for hydroxylation is 2. The van der Waals surface area contributed by atoms with Crippen molar-refractivity contribution in [2.75, 3.05) is 38.0 Å². The van der Waals surface area contributed by atoms with E-state index in [1.54, 1.807) is 0 Å². The molecule has 1 aliphatic heterocycles. The summed E-state index contributed by atoms with van der Waals surface area (Å²) < 4.78 is 0. The van der Waals surface area contributed by atoms with Gasteiger partial charge in [0.15, 0.2) is 0 Å².